The second-order valence-electron chi connectivity index (χ2n) is 8.15. The van der Waals surface area contributed by atoms with Crippen LogP contribution in [0.1, 0.15) is 16.8 Å². The van der Waals surface area contributed by atoms with Gasteiger partial charge < -0.3 is 20.9 Å². The highest BCUT2D eigenvalue weighted by Crippen LogP contribution is 2.32. The molecule has 4 rings (SSSR count). The average Bonchev–Trinajstić information content (AvgIpc) is 3.34. The zero-order valence-corrected chi connectivity index (χ0v) is 20.3. The van der Waals surface area contributed by atoms with Crippen molar-refractivity contribution in [3.8, 4) is 0 Å². The number of urea groups is 1. The molecule has 3 N–H and O–H groups in total. The van der Waals surface area contributed by atoms with Gasteiger partial charge in [-0.15, -0.1) is 0 Å². The summed E-state index contributed by atoms with van der Waals surface area (Å²) in [7, 11) is 2.05. The van der Waals surface area contributed by atoms with Crippen molar-refractivity contribution in [3.05, 3.63) is 83.4 Å². The fraction of sp³-hybridized carbons (Fsp3) is 0.200. The molecule has 0 saturated carbocycles. The Balaban J connectivity index is 1.39. The van der Waals surface area contributed by atoms with Crippen LogP contribution in [0.25, 0.3) is 0 Å². The number of rotatable bonds is 6. The minimum Gasteiger partial charge on any atom is -0.369 e. The molecule has 1 aliphatic rings. The van der Waals surface area contributed by atoms with Crippen molar-refractivity contribution < 1.29 is 9.59 Å². The molecule has 0 bridgehead atoms. The summed E-state index contributed by atoms with van der Waals surface area (Å²) in [5.41, 5.74) is 8.79. The Morgan fingerprint density at radius 3 is 2.44 bits per heavy atom. The van der Waals surface area contributed by atoms with Gasteiger partial charge in [0.2, 0.25) is 5.91 Å². The lowest BCUT2D eigenvalue weighted by atomic mass is 10.2. The lowest BCUT2D eigenvalue weighted by molar-refractivity contribution is 0.100. The summed E-state index contributed by atoms with van der Waals surface area (Å²) in [5.74, 6) is -0.535. The highest BCUT2D eigenvalue weighted by molar-refractivity contribution is 7.82. The van der Waals surface area contributed by atoms with Crippen LogP contribution in [0.2, 0.25) is 5.02 Å². The van der Waals surface area contributed by atoms with Crippen LogP contribution in [0.3, 0.4) is 0 Å². The van der Waals surface area contributed by atoms with Gasteiger partial charge in [0.15, 0.2) is 0 Å². The van der Waals surface area contributed by atoms with E-state index in [1.165, 1.54) is 17.8 Å². The van der Waals surface area contributed by atoms with Crippen LogP contribution in [0, 0.1) is 0 Å². The molecule has 9 heteroatoms. The highest BCUT2D eigenvalue weighted by atomic mass is 35.5. The summed E-state index contributed by atoms with van der Waals surface area (Å²) in [6, 6.07) is 22.0. The first-order valence-corrected chi connectivity index (χ1v) is 11.6. The maximum absolute atomic E-state index is 12.6. The van der Waals surface area contributed by atoms with Crippen molar-refractivity contribution in [2.45, 2.75) is 12.5 Å². The Labute approximate surface area is 209 Å². The predicted octanol–water partition coefficient (Wildman–Crippen LogP) is 5.04. The minimum absolute atomic E-state index is 0.328. The molecule has 3 aromatic carbocycles. The third-order valence-corrected chi connectivity index (χ3v) is 6.72. The number of hydrogen-bond acceptors (Lipinski definition) is 5. The zero-order chi connectivity index (χ0) is 24.2. The molecule has 176 valence electrons. The van der Waals surface area contributed by atoms with Gasteiger partial charge in [0.05, 0.1) is 16.4 Å². The minimum atomic E-state index is -0.535. The molecule has 3 aromatic rings. The molecule has 0 spiro atoms. The number of benzene rings is 3. The van der Waals surface area contributed by atoms with E-state index in [9.17, 15) is 9.59 Å². The summed E-state index contributed by atoms with van der Waals surface area (Å²) >= 11 is 10.9. The van der Waals surface area contributed by atoms with Gasteiger partial charge in [-0.3, -0.25) is 4.79 Å². The standard InChI is InChI=1S/C25H26ClN5O2S/c1-29(21-13-14-30(16-21)19-5-3-2-4-6-19)23-12-9-18(15-22(23)26)28-25(33)31(34)20-10-7-17(8-11-20)24(27)32/h2-12,15,21,34H,13-14,16H2,1H3,(H2,27,32)(H,28,33). The number of para-hydroxylation sites is 1. The van der Waals surface area contributed by atoms with E-state index in [-0.39, 0.29) is 0 Å². The molecular formula is C25H26ClN5O2S. The van der Waals surface area contributed by atoms with Gasteiger partial charge in [0.25, 0.3) is 0 Å². The smallest absolute Gasteiger partial charge is 0.336 e. The first-order valence-electron chi connectivity index (χ1n) is 10.9. The lowest BCUT2D eigenvalue weighted by Crippen LogP contribution is -2.34. The van der Waals surface area contributed by atoms with Gasteiger partial charge in [-0.05, 0) is 61.0 Å². The zero-order valence-electron chi connectivity index (χ0n) is 18.7. The molecule has 1 aliphatic heterocycles. The van der Waals surface area contributed by atoms with Crippen molar-refractivity contribution in [2.75, 3.05) is 39.6 Å². The van der Waals surface area contributed by atoms with Crippen molar-refractivity contribution in [1.82, 2.24) is 0 Å². The van der Waals surface area contributed by atoms with E-state index in [4.69, 9.17) is 17.3 Å². The topological polar surface area (TPSA) is 81.9 Å². The lowest BCUT2D eigenvalue weighted by Gasteiger charge is -2.28. The number of halogens is 1. The van der Waals surface area contributed by atoms with E-state index in [0.717, 1.165) is 29.5 Å². The molecule has 1 unspecified atom stereocenters. The molecule has 1 saturated heterocycles. The number of carbonyl (C=O) groups is 2. The van der Waals surface area contributed by atoms with E-state index >= 15 is 0 Å². The van der Waals surface area contributed by atoms with Crippen molar-refractivity contribution in [1.29, 1.82) is 0 Å². The maximum atomic E-state index is 12.6. The number of anilines is 4. The molecule has 34 heavy (non-hydrogen) atoms. The number of hydrogen-bond donors (Lipinski definition) is 3. The molecule has 1 heterocycles. The van der Waals surface area contributed by atoms with Crippen molar-refractivity contribution in [2.24, 2.45) is 5.73 Å². The second kappa shape index (κ2) is 10.3. The fourth-order valence-electron chi connectivity index (χ4n) is 4.06. The summed E-state index contributed by atoms with van der Waals surface area (Å²) in [4.78, 5) is 28.4. The Kier molecular flexibility index (Phi) is 7.19. The number of likely N-dealkylation sites (N-methyl/N-ethyl adjacent to an activating group) is 1. The first kappa shape index (κ1) is 23.8. The van der Waals surface area contributed by atoms with Crippen LogP contribution >= 0.6 is 24.4 Å². The van der Waals surface area contributed by atoms with Gasteiger partial charge in [-0.25, -0.2) is 9.10 Å². The Morgan fingerprint density at radius 1 is 1.09 bits per heavy atom. The Bertz CT molecular complexity index is 1180. The third-order valence-electron chi connectivity index (χ3n) is 6.00. The molecule has 3 amide bonds. The van der Waals surface area contributed by atoms with E-state index in [0.29, 0.717) is 28.0 Å². The molecule has 0 aromatic heterocycles. The number of primary amides is 1. The maximum Gasteiger partial charge on any atom is 0.336 e. The summed E-state index contributed by atoms with van der Waals surface area (Å²) < 4.78 is 1.15. The van der Waals surface area contributed by atoms with Crippen LogP contribution in [-0.4, -0.2) is 38.1 Å². The third kappa shape index (κ3) is 5.24. The van der Waals surface area contributed by atoms with E-state index in [2.05, 4.69) is 52.2 Å². The molecule has 7 nitrogen and oxygen atoms in total. The highest BCUT2D eigenvalue weighted by Gasteiger charge is 2.27. The van der Waals surface area contributed by atoms with Gasteiger partial charge in [0, 0.05) is 43.1 Å². The van der Waals surface area contributed by atoms with E-state index in [1.54, 1.807) is 18.2 Å². The predicted molar refractivity (Wildman–Crippen MR) is 142 cm³/mol. The second-order valence-corrected chi connectivity index (χ2v) is 8.96. The van der Waals surface area contributed by atoms with Crippen LogP contribution in [0.5, 0.6) is 0 Å². The number of amides is 3. The largest absolute Gasteiger partial charge is 0.369 e. The van der Waals surface area contributed by atoms with Gasteiger partial charge >= 0.3 is 6.03 Å². The van der Waals surface area contributed by atoms with Crippen LogP contribution < -0.4 is 25.2 Å². The van der Waals surface area contributed by atoms with Gasteiger partial charge in [0.1, 0.15) is 0 Å². The molecule has 0 radical (unpaired) electrons. The summed E-state index contributed by atoms with van der Waals surface area (Å²) in [6.07, 6.45) is 1.03. The van der Waals surface area contributed by atoms with E-state index in [1.807, 2.05) is 25.2 Å². The normalized spacial score (nSPS) is 15.1. The van der Waals surface area contributed by atoms with Crippen LogP contribution in [-0.2, 0) is 0 Å². The number of nitrogens with one attached hydrogen (secondary N) is 1. The van der Waals surface area contributed by atoms with Gasteiger partial charge in [-0.1, -0.05) is 42.6 Å². The SMILES string of the molecule is CN(c1ccc(NC(=O)N(S)c2ccc(C(N)=O)cc2)cc1Cl)C1CCN(c2ccccc2)C1. The monoisotopic (exact) mass is 495 g/mol. The number of thiol groups is 1. The van der Waals surface area contributed by atoms with Crippen LogP contribution in [0.15, 0.2) is 72.8 Å². The molecule has 1 atom stereocenters. The molecular weight excluding hydrogens is 470 g/mol. The molecule has 0 aliphatic carbocycles. The molecule has 1 fully saturated rings. The van der Waals surface area contributed by atoms with Crippen LogP contribution in [0.4, 0.5) is 27.5 Å². The summed E-state index contributed by atoms with van der Waals surface area (Å²) in [6.45, 7) is 1.90. The average molecular weight is 496 g/mol. The Hall–Kier alpha value is -3.36. The quantitative estimate of drug-likeness (QED) is 0.418. The van der Waals surface area contributed by atoms with Crippen molar-refractivity contribution in [3.63, 3.8) is 0 Å². The summed E-state index contributed by atoms with van der Waals surface area (Å²) in [5, 5.41) is 3.34. The van der Waals surface area contributed by atoms with Gasteiger partial charge in [-0.2, -0.15) is 0 Å². The van der Waals surface area contributed by atoms with Crippen molar-refractivity contribution >= 4 is 59.1 Å². The number of nitrogens with two attached hydrogens (primary N) is 1. The van der Waals surface area contributed by atoms with E-state index < -0.39 is 11.9 Å². The number of nitrogens with zero attached hydrogens (tertiary/aromatic N) is 3. The number of carbonyl (C=O) groups excluding carboxylic acids is 2. The Morgan fingerprint density at radius 2 is 1.79 bits per heavy atom. The fourth-order valence-corrected chi connectivity index (χ4v) is 4.56. The first-order chi connectivity index (χ1) is 16.3.